The highest BCUT2D eigenvalue weighted by Crippen LogP contribution is 2.18. The predicted octanol–water partition coefficient (Wildman–Crippen LogP) is 0.882. The largest absolute Gasteiger partial charge is 0.305 e. The van der Waals surface area contributed by atoms with Crippen molar-refractivity contribution in [1.29, 1.82) is 0 Å². The standard InChI is InChI=1S/C5H5NO2S/c1-3(7)4-2-6-5(8)9-4/h2,4H,1H3. The van der Waals surface area contributed by atoms with Gasteiger partial charge in [-0.25, -0.2) is 4.99 Å². The lowest BCUT2D eigenvalue weighted by Gasteiger charge is -1.93. The summed E-state index contributed by atoms with van der Waals surface area (Å²) < 4.78 is 0. The molecule has 1 aliphatic rings. The second kappa shape index (κ2) is 2.31. The van der Waals surface area contributed by atoms with Crippen LogP contribution in [0.3, 0.4) is 0 Å². The van der Waals surface area contributed by atoms with Crippen LogP contribution in [0.4, 0.5) is 4.79 Å². The third-order valence-corrected chi connectivity index (χ3v) is 1.96. The van der Waals surface area contributed by atoms with E-state index in [9.17, 15) is 9.59 Å². The van der Waals surface area contributed by atoms with Crippen LogP contribution in [0.25, 0.3) is 0 Å². The van der Waals surface area contributed by atoms with Gasteiger partial charge >= 0.3 is 5.24 Å². The van der Waals surface area contributed by atoms with E-state index in [2.05, 4.69) is 4.99 Å². The monoisotopic (exact) mass is 143 g/mol. The highest BCUT2D eigenvalue weighted by molar-refractivity contribution is 8.15. The van der Waals surface area contributed by atoms with Gasteiger partial charge in [0, 0.05) is 6.21 Å². The van der Waals surface area contributed by atoms with Gasteiger partial charge in [-0.05, 0) is 18.7 Å². The molecule has 0 bridgehead atoms. The summed E-state index contributed by atoms with van der Waals surface area (Å²) in [7, 11) is 0. The topological polar surface area (TPSA) is 46.5 Å². The molecule has 1 unspecified atom stereocenters. The van der Waals surface area contributed by atoms with Crippen molar-refractivity contribution in [2.75, 3.05) is 0 Å². The number of aliphatic imine (C=N–C) groups is 1. The van der Waals surface area contributed by atoms with Gasteiger partial charge in [-0.1, -0.05) is 0 Å². The summed E-state index contributed by atoms with van der Waals surface area (Å²) in [4.78, 5) is 24.3. The lowest BCUT2D eigenvalue weighted by atomic mass is 10.3. The zero-order valence-corrected chi connectivity index (χ0v) is 5.64. The van der Waals surface area contributed by atoms with Crippen LogP contribution in [0.15, 0.2) is 4.99 Å². The molecule has 1 rings (SSSR count). The van der Waals surface area contributed by atoms with Gasteiger partial charge < -0.3 is 0 Å². The van der Waals surface area contributed by atoms with E-state index < -0.39 is 0 Å². The van der Waals surface area contributed by atoms with E-state index in [1.165, 1.54) is 13.1 Å². The molecule has 9 heavy (non-hydrogen) atoms. The Morgan fingerprint density at radius 2 is 2.56 bits per heavy atom. The van der Waals surface area contributed by atoms with E-state index in [1.54, 1.807) is 0 Å². The van der Waals surface area contributed by atoms with Crippen LogP contribution in [-0.2, 0) is 4.79 Å². The van der Waals surface area contributed by atoms with Gasteiger partial charge in [0.05, 0.1) is 0 Å². The molecule has 48 valence electrons. The Labute approximate surface area is 56.5 Å². The molecule has 0 aromatic rings. The van der Waals surface area contributed by atoms with Crippen LogP contribution in [0.2, 0.25) is 0 Å². The molecule has 0 radical (unpaired) electrons. The van der Waals surface area contributed by atoms with Crippen LogP contribution < -0.4 is 0 Å². The predicted molar refractivity (Wildman–Crippen MR) is 35.9 cm³/mol. The minimum Gasteiger partial charge on any atom is -0.298 e. The van der Waals surface area contributed by atoms with Crippen molar-refractivity contribution in [3.63, 3.8) is 0 Å². The SMILES string of the molecule is CC(=O)C1C=NC(=O)S1. The van der Waals surface area contributed by atoms with Crippen molar-refractivity contribution in [3.05, 3.63) is 0 Å². The van der Waals surface area contributed by atoms with E-state index in [4.69, 9.17) is 0 Å². The van der Waals surface area contributed by atoms with Crippen molar-refractivity contribution >= 4 is 29.0 Å². The molecule has 0 saturated carbocycles. The molecule has 0 saturated heterocycles. The van der Waals surface area contributed by atoms with Crippen molar-refractivity contribution in [1.82, 2.24) is 0 Å². The Morgan fingerprint density at radius 1 is 1.89 bits per heavy atom. The van der Waals surface area contributed by atoms with E-state index in [1.807, 2.05) is 0 Å². The second-order valence-electron chi connectivity index (χ2n) is 1.69. The van der Waals surface area contributed by atoms with Crippen LogP contribution >= 0.6 is 11.8 Å². The van der Waals surface area contributed by atoms with Gasteiger partial charge in [0.1, 0.15) is 11.0 Å². The normalized spacial score (nSPS) is 25.0. The number of rotatable bonds is 1. The van der Waals surface area contributed by atoms with Gasteiger partial charge in [0.2, 0.25) is 0 Å². The molecular formula is C5H5NO2S. The van der Waals surface area contributed by atoms with Gasteiger partial charge in [-0.2, -0.15) is 0 Å². The number of carbonyl (C=O) groups is 2. The van der Waals surface area contributed by atoms with Gasteiger partial charge in [0.25, 0.3) is 0 Å². The lowest BCUT2D eigenvalue weighted by Crippen LogP contribution is -2.11. The lowest BCUT2D eigenvalue weighted by molar-refractivity contribution is -0.115. The first kappa shape index (κ1) is 6.48. The first-order chi connectivity index (χ1) is 4.20. The molecule has 0 spiro atoms. The van der Waals surface area contributed by atoms with E-state index in [0.29, 0.717) is 0 Å². The number of Topliss-reactive ketones (excluding diaryl/α,β-unsaturated/α-hetero) is 1. The Hall–Kier alpha value is -0.640. The molecule has 1 amide bonds. The molecule has 0 fully saturated rings. The zero-order valence-electron chi connectivity index (χ0n) is 4.83. The van der Waals surface area contributed by atoms with Gasteiger partial charge in [-0.15, -0.1) is 0 Å². The maximum atomic E-state index is 10.5. The molecule has 0 N–H and O–H groups in total. The highest BCUT2D eigenvalue weighted by Gasteiger charge is 2.21. The fraction of sp³-hybridized carbons (Fsp3) is 0.400. The summed E-state index contributed by atoms with van der Waals surface area (Å²) in [5.74, 6) is -0.0189. The summed E-state index contributed by atoms with van der Waals surface area (Å²) in [6.45, 7) is 1.45. The Bertz CT molecular complexity index is 187. The maximum Gasteiger partial charge on any atom is 0.305 e. The number of hydrogen-bond acceptors (Lipinski definition) is 3. The fourth-order valence-corrected chi connectivity index (χ4v) is 1.11. The summed E-state index contributed by atoms with van der Waals surface area (Å²) in [5, 5.41) is -0.590. The van der Waals surface area contributed by atoms with E-state index >= 15 is 0 Å². The minimum atomic E-state index is -0.322. The zero-order chi connectivity index (χ0) is 6.85. The van der Waals surface area contributed by atoms with Gasteiger partial charge in [-0.3, -0.25) is 9.59 Å². The average molecular weight is 143 g/mol. The quantitative estimate of drug-likeness (QED) is 0.547. The van der Waals surface area contributed by atoms with Crippen molar-refractivity contribution in [2.45, 2.75) is 12.2 Å². The number of amides is 1. The third-order valence-electron chi connectivity index (χ3n) is 0.944. The summed E-state index contributed by atoms with van der Waals surface area (Å²) in [6.07, 6.45) is 1.38. The number of carbonyl (C=O) groups excluding carboxylic acids is 2. The van der Waals surface area contributed by atoms with Crippen molar-refractivity contribution < 1.29 is 9.59 Å². The van der Waals surface area contributed by atoms with Crippen LogP contribution in [0.1, 0.15) is 6.92 Å². The average Bonchev–Trinajstić information content (AvgIpc) is 2.14. The Morgan fingerprint density at radius 3 is 2.78 bits per heavy atom. The number of thioether (sulfide) groups is 1. The molecule has 1 heterocycles. The number of ketones is 1. The molecular weight excluding hydrogens is 138 g/mol. The first-order valence-electron chi connectivity index (χ1n) is 2.45. The fourth-order valence-electron chi connectivity index (χ4n) is 0.486. The summed E-state index contributed by atoms with van der Waals surface area (Å²) >= 11 is 0.963. The van der Waals surface area contributed by atoms with Crippen molar-refractivity contribution in [3.8, 4) is 0 Å². The molecule has 0 aliphatic carbocycles. The molecule has 3 nitrogen and oxygen atoms in total. The summed E-state index contributed by atoms with van der Waals surface area (Å²) in [5.41, 5.74) is 0. The first-order valence-corrected chi connectivity index (χ1v) is 3.33. The van der Waals surface area contributed by atoms with Crippen LogP contribution in [0.5, 0.6) is 0 Å². The molecule has 0 aromatic carbocycles. The van der Waals surface area contributed by atoms with Crippen LogP contribution in [0, 0.1) is 0 Å². The minimum absolute atomic E-state index is 0.0189. The Kier molecular flexibility index (Phi) is 1.66. The smallest absolute Gasteiger partial charge is 0.298 e. The number of nitrogens with zero attached hydrogens (tertiary/aromatic N) is 1. The molecule has 1 atom stereocenters. The van der Waals surface area contributed by atoms with Crippen LogP contribution in [-0.4, -0.2) is 22.5 Å². The van der Waals surface area contributed by atoms with E-state index in [0.717, 1.165) is 11.8 Å². The molecule has 1 aliphatic heterocycles. The van der Waals surface area contributed by atoms with Gasteiger partial charge in [0.15, 0.2) is 0 Å². The third kappa shape index (κ3) is 1.38. The number of hydrogen-bond donors (Lipinski definition) is 0. The Balaban J connectivity index is 2.60. The molecule has 4 heteroatoms. The summed E-state index contributed by atoms with van der Waals surface area (Å²) in [6, 6.07) is 0. The maximum absolute atomic E-state index is 10.5. The van der Waals surface area contributed by atoms with E-state index in [-0.39, 0.29) is 16.3 Å². The second-order valence-corrected chi connectivity index (χ2v) is 2.79. The van der Waals surface area contributed by atoms with Crippen molar-refractivity contribution in [2.24, 2.45) is 4.99 Å². The molecule has 0 aromatic heterocycles. The highest BCUT2D eigenvalue weighted by atomic mass is 32.2.